The highest BCUT2D eigenvalue weighted by atomic mass is 35.5. The van der Waals surface area contributed by atoms with Crippen molar-refractivity contribution in [2.45, 2.75) is 26.1 Å². The summed E-state index contributed by atoms with van der Waals surface area (Å²) in [4.78, 5) is 14.2. The molecule has 1 N–H and O–H groups in total. The first-order chi connectivity index (χ1) is 12.8. The fourth-order valence-electron chi connectivity index (χ4n) is 2.33. The van der Waals surface area contributed by atoms with Crippen LogP contribution in [-0.4, -0.2) is 30.5 Å². The third-order valence-corrected chi connectivity index (χ3v) is 4.29. The van der Waals surface area contributed by atoms with E-state index in [1.54, 1.807) is 32.2 Å². The zero-order valence-corrected chi connectivity index (χ0v) is 15.5. The largest absolute Gasteiger partial charge is 0.435 e. The van der Waals surface area contributed by atoms with Gasteiger partial charge in [0.25, 0.3) is 0 Å². The van der Waals surface area contributed by atoms with Crippen molar-refractivity contribution in [1.82, 2.24) is 4.90 Å². The number of nitriles is 1. The number of ether oxygens (including phenoxy) is 1. The van der Waals surface area contributed by atoms with Crippen LogP contribution >= 0.6 is 11.6 Å². The highest BCUT2D eigenvalue weighted by Crippen LogP contribution is 2.21. The Morgan fingerprint density at radius 2 is 1.96 bits per heavy atom. The number of amides is 1. The van der Waals surface area contributed by atoms with Crippen LogP contribution in [0, 0.1) is 11.3 Å². The maximum atomic E-state index is 12.4. The number of carbonyl (C=O) groups is 1. The van der Waals surface area contributed by atoms with Crippen molar-refractivity contribution in [1.29, 1.82) is 5.26 Å². The molecule has 8 heteroatoms. The van der Waals surface area contributed by atoms with Gasteiger partial charge in [-0.2, -0.15) is 14.0 Å². The van der Waals surface area contributed by atoms with E-state index in [0.717, 1.165) is 5.56 Å². The van der Waals surface area contributed by atoms with Gasteiger partial charge in [-0.1, -0.05) is 23.7 Å². The van der Waals surface area contributed by atoms with Crippen LogP contribution in [0.1, 0.15) is 18.1 Å². The van der Waals surface area contributed by atoms with Crippen LogP contribution in [-0.2, 0) is 11.3 Å². The van der Waals surface area contributed by atoms with Crippen molar-refractivity contribution >= 4 is 23.2 Å². The molecule has 0 saturated heterocycles. The van der Waals surface area contributed by atoms with Gasteiger partial charge in [-0.3, -0.25) is 9.69 Å². The summed E-state index contributed by atoms with van der Waals surface area (Å²) in [5.74, 6) is -0.157. The molecule has 0 aliphatic heterocycles. The molecule has 0 radical (unpaired) electrons. The summed E-state index contributed by atoms with van der Waals surface area (Å²) in [5, 5.41) is 11.9. The lowest BCUT2D eigenvalue weighted by molar-refractivity contribution is -0.120. The molecule has 0 aromatic heterocycles. The molecule has 1 unspecified atom stereocenters. The Hall–Kier alpha value is -2.69. The Kier molecular flexibility index (Phi) is 7.11. The van der Waals surface area contributed by atoms with Crippen molar-refractivity contribution < 1.29 is 18.3 Å². The number of hydrogen-bond donors (Lipinski definition) is 1. The lowest BCUT2D eigenvalue weighted by Crippen LogP contribution is -2.39. The molecular formula is C19H18ClF2N3O2. The van der Waals surface area contributed by atoms with Crippen LogP contribution in [0.4, 0.5) is 14.5 Å². The second-order valence-corrected chi connectivity index (χ2v) is 6.32. The van der Waals surface area contributed by atoms with E-state index in [2.05, 4.69) is 10.1 Å². The monoisotopic (exact) mass is 393 g/mol. The topological polar surface area (TPSA) is 65.4 Å². The summed E-state index contributed by atoms with van der Waals surface area (Å²) in [6.07, 6.45) is 0. The van der Waals surface area contributed by atoms with Crippen LogP contribution in [0.15, 0.2) is 42.5 Å². The first-order valence-electron chi connectivity index (χ1n) is 8.04. The van der Waals surface area contributed by atoms with E-state index in [9.17, 15) is 13.6 Å². The van der Waals surface area contributed by atoms with Gasteiger partial charge in [0, 0.05) is 12.2 Å². The van der Waals surface area contributed by atoms with Crippen molar-refractivity contribution in [3.8, 4) is 11.8 Å². The van der Waals surface area contributed by atoms with Crippen LogP contribution in [0.3, 0.4) is 0 Å². The van der Waals surface area contributed by atoms with Gasteiger partial charge in [0.15, 0.2) is 0 Å². The average molecular weight is 394 g/mol. The van der Waals surface area contributed by atoms with E-state index in [1.165, 1.54) is 24.3 Å². The van der Waals surface area contributed by atoms with Gasteiger partial charge in [0.1, 0.15) is 11.8 Å². The van der Waals surface area contributed by atoms with E-state index >= 15 is 0 Å². The zero-order chi connectivity index (χ0) is 20.0. The highest BCUT2D eigenvalue weighted by Gasteiger charge is 2.19. The minimum absolute atomic E-state index is 0.0832. The molecule has 1 atom stereocenters. The molecule has 27 heavy (non-hydrogen) atoms. The SMILES string of the molecule is CC(C(=O)Nc1ccc(C#N)c(Cl)c1)N(C)Cc1ccc(OC(F)F)cc1. The number of likely N-dealkylation sites (N-methyl/N-ethyl adjacent to an activating group) is 1. The molecule has 0 aliphatic carbocycles. The Morgan fingerprint density at radius 1 is 1.30 bits per heavy atom. The highest BCUT2D eigenvalue weighted by molar-refractivity contribution is 6.32. The molecular weight excluding hydrogens is 376 g/mol. The van der Waals surface area contributed by atoms with E-state index in [0.29, 0.717) is 17.8 Å². The fraction of sp³-hybridized carbons (Fsp3) is 0.263. The van der Waals surface area contributed by atoms with Crippen LogP contribution < -0.4 is 10.1 Å². The number of rotatable bonds is 7. The summed E-state index contributed by atoms with van der Waals surface area (Å²) in [6, 6.07) is 12.4. The molecule has 0 bridgehead atoms. The lowest BCUT2D eigenvalue weighted by atomic mass is 10.1. The maximum Gasteiger partial charge on any atom is 0.387 e. The summed E-state index contributed by atoms with van der Waals surface area (Å²) in [5.41, 5.74) is 1.68. The number of nitrogens with zero attached hydrogens (tertiary/aromatic N) is 2. The van der Waals surface area contributed by atoms with Crippen molar-refractivity contribution in [3.63, 3.8) is 0 Å². The smallest absolute Gasteiger partial charge is 0.387 e. The molecule has 0 fully saturated rings. The second-order valence-electron chi connectivity index (χ2n) is 5.91. The van der Waals surface area contributed by atoms with Gasteiger partial charge in [-0.25, -0.2) is 0 Å². The molecule has 2 rings (SSSR count). The van der Waals surface area contributed by atoms with Gasteiger partial charge >= 0.3 is 6.61 Å². The van der Waals surface area contributed by atoms with Crippen molar-refractivity contribution in [3.05, 3.63) is 58.6 Å². The number of anilines is 1. The first-order valence-corrected chi connectivity index (χ1v) is 8.42. The number of alkyl halides is 2. The Balaban J connectivity index is 1.95. The minimum atomic E-state index is -2.86. The first kappa shape index (κ1) is 20.6. The van der Waals surface area contributed by atoms with E-state index in [1.807, 2.05) is 11.0 Å². The molecule has 0 spiro atoms. The molecule has 5 nitrogen and oxygen atoms in total. The predicted molar refractivity (Wildman–Crippen MR) is 98.8 cm³/mol. The second kappa shape index (κ2) is 9.31. The predicted octanol–water partition coefficient (Wildman–Crippen LogP) is 4.27. The quantitative estimate of drug-likeness (QED) is 0.762. The Morgan fingerprint density at radius 3 is 2.52 bits per heavy atom. The zero-order valence-electron chi connectivity index (χ0n) is 14.7. The summed E-state index contributed by atoms with van der Waals surface area (Å²) < 4.78 is 28.7. The van der Waals surface area contributed by atoms with Crippen LogP contribution in [0.5, 0.6) is 5.75 Å². The molecule has 142 valence electrons. The number of hydrogen-bond acceptors (Lipinski definition) is 4. The molecule has 0 aliphatic rings. The molecule has 2 aromatic carbocycles. The van der Waals surface area contributed by atoms with E-state index in [-0.39, 0.29) is 16.7 Å². The van der Waals surface area contributed by atoms with E-state index in [4.69, 9.17) is 16.9 Å². The third kappa shape index (κ3) is 5.91. The molecule has 2 aromatic rings. The summed E-state index contributed by atoms with van der Waals surface area (Å²) >= 11 is 5.97. The van der Waals surface area contributed by atoms with Crippen LogP contribution in [0.25, 0.3) is 0 Å². The van der Waals surface area contributed by atoms with Crippen LogP contribution in [0.2, 0.25) is 5.02 Å². The average Bonchev–Trinajstić information content (AvgIpc) is 2.62. The number of benzene rings is 2. The summed E-state index contributed by atoms with van der Waals surface area (Å²) in [6.45, 7) is -0.676. The Labute approximate surface area is 161 Å². The van der Waals surface area contributed by atoms with Gasteiger partial charge in [0.2, 0.25) is 5.91 Å². The molecule has 1 amide bonds. The van der Waals surface area contributed by atoms with Crippen molar-refractivity contribution in [2.75, 3.05) is 12.4 Å². The number of nitrogens with one attached hydrogen (secondary N) is 1. The minimum Gasteiger partial charge on any atom is -0.435 e. The standard InChI is InChI=1S/C19H18ClF2N3O2/c1-12(18(26)24-15-6-5-14(10-23)17(20)9-15)25(2)11-13-3-7-16(8-4-13)27-19(21)22/h3-9,12,19H,11H2,1-2H3,(H,24,26). The number of carbonyl (C=O) groups excluding carboxylic acids is 1. The molecule has 0 saturated carbocycles. The van der Waals surface area contributed by atoms with E-state index < -0.39 is 12.7 Å². The van der Waals surface area contributed by atoms with Gasteiger partial charge in [-0.15, -0.1) is 0 Å². The van der Waals surface area contributed by atoms with Crippen molar-refractivity contribution in [2.24, 2.45) is 0 Å². The lowest BCUT2D eigenvalue weighted by Gasteiger charge is -2.24. The van der Waals surface area contributed by atoms with Gasteiger partial charge in [0.05, 0.1) is 16.6 Å². The molecule has 0 heterocycles. The van der Waals surface area contributed by atoms with Gasteiger partial charge < -0.3 is 10.1 Å². The van der Waals surface area contributed by atoms with Gasteiger partial charge in [-0.05, 0) is 49.9 Å². The Bertz CT molecular complexity index is 838. The normalized spacial score (nSPS) is 11.9. The summed E-state index contributed by atoms with van der Waals surface area (Å²) in [7, 11) is 1.78. The maximum absolute atomic E-state index is 12.4. The number of halogens is 3. The third-order valence-electron chi connectivity index (χ3n) is 3.98. The fourth-order valence-corrected chi connectivity index (χ4v) is 2.55.